The van der Waals surface area contributed by atoms with Gasteiger partial charge in [0.25, 0.3) is 0 Å². The second-order valence-corrected chi connectivity index (χ2v) is 10.3. The summed E-state index contributed by atoms with van der Waals surface area (Å²) in [5.41, 5.74) is 1.08. The quantitative estimate of drug-likeness (QED) is 0.586. The predicted octanol–water partition coefficient (Wildman–Crippen LogP) is 5.56. The maximum atomic E-state index is 13.4. The van der Waals surface area contributed by atoms with Crippen LogP contribution >= 0.6 is 0 Å². The molecule has 2 unspecified atom stereocenters. The third-order valence-corrected chi connectivity index (χ3v) is 8.18. The highest BCUT2D eigenvalue weighted by molar-refractivity contribution is 6.00. The summed E-state index contributed by atoms with van der Waals surface area (Å²) < 4.78 is 0. The molecule has 1 saturated carbocycles. The Morgan fingerprint density at radius 1 is 1.16 bits per heavy atom. The number of nitrogens with zero attached hydrogens (tertiary/aromatic N) is 1. The molecule has 2 fully saturated rings. The first-order valence-electron chi connectivity index (χ1n) is 11.6. The van der Waals surface area contributed by atoms with Gasteiger partial charge in [0.2, 0.25) is 5.91 Å². The van der Waals surface area contributed by atoms with E-state index in [2.05, 4.69) is 20.4 Å². The lowest BCUT2D eigenvalue weighted by atomic mass is 9.65. The summed E-state index contributed by atoms with van der Waals surface area (Å²) in [7, 11) is 0. The first kappa shape index (κ1) is 23.7. The zero-order chi connectivity index (χ0) is 23.0. The van der Waals surface area contributed by atoms with Crippen molar-refractivity contribution in [1.29, 1.82) is 0 Å². The molecule has 4 nitrogen and oxygen atoms in total. The van der Waals surface area contributed by atoms with Gasteiger partial charge >= 0.3 is 0 Å². The van der Waals surface area contributed by atoms with Crippen molar-refractivity contribution in [3.05, 3.63) is 54.1 Å². The molecule has 1 amide bonds. The van der Waals surface area contributed by atoms with Gasteiger partial charge in [0.05, 0.1) is 17.1 Å². The third kappa shape index (κ3) is 4.12. The Hall–Kier alpha value is -1.91. The molecule has 31 heavy (non-hydrogen) atoms. The molecule has 1 aliphatic carbocycles. The predicted molar refractivity (Wildman–Crippen MR) is 127 cm³/mol. The number of carbonyl (C=O) groups excluding carboxylic acids is 1. The normalized spacial score (nSPS) is 29.7. The molecule has 0 bridgehead atoms. The van der Waals surface area contributed by atoms with E-state index in [9.17, 15) is 15.0 Å². The molecule has 1 spiro atoms. The molecule has 2 aliphatic rings. The second-order valence-electron chi connectivity index (χ2n) is 10.3. The lowest BCUT2D eigenvalue weighted by Gasteiger charge is -2.43. The number of carbonyl (C=O) groups is 1. The van der Waals surface area contributed by atoms with Crippen LogP contribution in [-0.4, -0.2) is 28.3 Å². The average Bonchev–Trinajstić information content (AvgIpc) is 3.06. The van der Waals surface area contributed by atoms with Gasteiger partial charge in [-0.25, -0.2) is 0 Å². The van der Waals surface area contributed by atoms with E-state index < -0.39 is 17.1 Å². The van der Waals surface area contributed by atoms with Crippen molar-refractivity contribution in [2.24, 2.45) is 16.7 Å². The van der Waals surface area contributed by atoms with Gasteiger partial charge < -0.3 is 15.1 Å². The van der Waals surface area contributed by atoms with Gasteiger partial charge in [-0.3, -0.25) is 4.79 Å². The zero-order valence-corrected chi connectivity index (χ0v) is 19.8. The molecule has 1 aromatic rings. The highest BCUT2D eigenvalue weighted by Crippen LogP contribution is 2.50. The summed E-state index contributed by atoms with van der Waals surface area (Å²) in [6.45, 7) is 14.8. The summed E-state index contributed by atoms with van der Waals surface area (Å²) in [6, 6.07) is 7.72. The summed E-state index contributed by atoms with van der Waals surface area (Å²) in [4.78, 5) is 15.3. The summed E-state index contributed by atoms with van der Waals surface area (Å²) in [5.74, 6) is 0.399. The van der Waals surface area contributed by atoms with Crippen LogP contribution in [0.4, 0.5) is 5.69 Å². The van der Waals surface area contributed by atoms with Gasteiger partial charge in [-0.1, -0.05) is 50.3 Å². The zero-order valence-electron chi connectivity index (χ0n) is 19.8. The van der Waals surface area contributed by atoms with Crippen molar-refractivity contribution in [1.82, 2.24) is 0 Å². The maximum Gasteiger partial charge on any atom is 0.233 e. The van der Waals surface area contributed by atoms with E-state index in [1.54, 1.807) is 0 Å². The molecule has 3 rings (SSSR count). The number of amides is 1. The van der Waals surface area contributed by atoms with Gasteiger partial charge in [-0.15, -0.1) is 0 Å². The lowest BCUT2D eigenvalue weighted by Crippen LogP contribution is -2.46. The molecule has 2 atom stereocenters. The number of hydrogen-bond donors (Lipinski definition) is 2. The standard InChI is InChI=1S/C27H39NO3/c1-7-12-25(6,19(2)3)23(29)21-8-10-22(11-9-21)28-18-17-26(24(28)30)13-15-27(31,16-14-26)20(4)5/h7-12,20,23,29,31H,2,13-18H2,1,3-6H3. The third-order valence-electron chi connectivity index (χ3n) is 8.18. The maximum absolute atomic E-state index is 13.4. The van der Waals surface area contributed by atoms with E-state index in [0.29, 0.717) is 19.4 Å². The van der Waals surface area contributed by atoms with Crippen LogP contribution < -0.4 is 4.90 Å². The minimum absolute atomic E-state index is 0.187. The fourth-order valence-corrected chi connectivity index (χ4v) is 5.27. The van der Waals surface area contributed by atoms with E-state index in [1.165, 1.54) is 0 Å². The molecule has 0 radical (unpaired) electrons. The lowest BCUT2D eigenvalue weighted by molar-refractivity contribution is -0.132. The highest BCUT2D eigenvalue weighted by Gasteiger charge is 2.52. The largest absolute Gasteiger partial charge is 0.390 e. The average molecular weight is 426 g/mol. The SMILES string of the molecule is C=C(C)C(C)(C=CC)C(O)c1ccc(N2CCC3(CCC(O)(C(C)C)CC3)C2=O)cc1. The summed E-state index contributed by atoms with van der Waals surface area (Å²) >= 11 is 0. The van der Waals surface area contributed by atoms with Crippen molar-refractivity contribution < 1.29 is 15.0 Å². The Kier molecular flexibility index (Phi) is 6.55. The van der Waals surface area contributed by atoms with Crippen LogP contribution in [0, 0.1) is 16.7 Å². The molecule has 2 N–H and O–H groups in total. The van der Waals surface area contributed by atoms with Gasteiger partial charge in [-0.2, -0.15) is 0 Å². The molecule has 1 aliphatic heterocycles. The number of allylic oxidation sites excluding steroid dienone is 1. The number of anilines is 1. The van der Waals surface area contributed by atoms with Gasteiger partial charge in [-0.05, 0) is 76.5 Å². The van der Waals surface area contributed by atoms with Crippen LogP contribution in [-0.2, 0) is 4.79 Å². The van der Waals surface area contributed by atoms with Crippen molar-refractivity contribution in [2.45, 2.75) is 78.4 Å². The Morgan fingerprint density at radius 2 is 1.74 bits per heavy atom. The van der Waals surface area contributed by atoms with Crippen LogP contribution in [0.5, 0.6) is 0 Å². The monoisotopic (exact) mass is 425 g/mol. The van der Waals surface area contributed by atoms with Gasteiger partial charge in [0, 0.05) is 17.6 Å². The minimum atomic E-state index is -0.706. The van der Waals surface area contributed by atoms with Crippen LogP contribution in [0.3, 0.4) is 0 Å². The van der Waals surface area contributed by atoms with Crippen LogP contribution in [0.15, 0.2) is 48.6 Å². The second kappa shape index (κ2) is 8.55. The minimum Gasteiger partial charge on any atom is -0.390 e. The van der Waals surface area contributed by atoms with Crippen LogP contribution in [0.25, 0.3) is 0 Å². The van der Waals surface area contributed by atoms with Crippen LogP contribution in [0.2, 0.25) is 0 Å². The first-order valence-corrected chi connectivity index (χ1v) is 11.6. The van der Waals surface area contributed by atoms with E-state index in [4.69, 9.17) is 0 Å². The topological polar surface area (TPSA) is 60.8 Å². The van der Waals surface area contributed by atoms with Crippen molar-refractivity contribution in [3.8, 4) is 0 Å². The van der Waals surface area contributed by atoms with Crippen molar-refractivity contribution in [2.75, 3.05) is 11.4 Å². The summed E-state index contributed by atoms with van der Waals surface area (Å²) in [6.07, 6.45) is 6.98. The fourth-order valence-electron chi connectivity index (χ4n) is 5.27. The number of benzene rings is 1. The van der Waals surface area contributed by atoms with Gasteiger partial charge in [0.1, 0.15) is 0 Å². The smallest absolute Gasteiger partial charge is 0.233 e. The molecule has 1 heterocycles. The molecule has 170 valence electrons. The van der Waals surface area contributed by atoms with Crippen LogP contribution in [0.1, 0.15) is 78.4 Å². The van der Waals surface area contributed by atoms with Gasteiger partial charge in [0.15, 0.2) is 0 Å². The van der Waals surface area contributed by atoms with E-state index in [-0.39, 0.29) is 17.2 Å². The Balaban J connectivity index is 1.75. The van der Waals surface area contributed by atoms with E-state index >= 15 is 0 Å². The molecule has 0 aromatic heterocycles. The highest BCUT2D eigenvalue weighted by atomic mass is 16.3. The number of aliphatic hydroxyl groups is 2. The Bertz CT molecular complexity index is 846. The summed E-state index contributed by atoms with van der Waals surface area (Å²) in [5, 5.41) is 21.9. The number of rotatable bonds is 6. The Morgan fingerprint density at radius 3 is 2.23 bits per heavy atom. The van der Waals surface area contributed by atoms with E-state index in [0.717, 1.165) is 36.1 Å². The van der Waals surface area contributed by atoms with Crippen molar-refractivity contribution in [3.63, 3.8) is 0 Å². The molecular formula is C27H39NO3. The van der Waals surface area contributed by atoms with Crippen molar-refractivity contribution >= 4 is 11.6 Å². The molecule has 1 saturated heterocycles. The fraction of sp³-hybridized carbons (Fsp3) is 0.593. The Labute approximate surface area is 187 Å². The first-order chi connectivity index (χ1) is 14.5. The van der Waals surface area contributed by atoms with E-state index in [1.807, 2.05) is 62.1 Å². The molecule has 4 heteroatoms. The molecular weight excluding hydrogens is 386 g/mol. The number of aliphatic hydroxyl groups excluding tert-OH is 1. The number of hydrogen-bond acceptors (Lipinski definition) is 3. The molecule has 1 aromatic carbocycles.